The summed E-state index contributed by atoms with van der Waals surface area (Å²) < 4.78 is 2.09. The summed E-state index contributed by atoms with van der Waals surface area (Å²) in [5, 5.41) is 4.86. The fourth-order valence-electron chi connectivity index (χ4n) is 3.74. The minimum Gasteiger partial charge on any atom is -0.394 e. The Kier molecular flexibility index (Phi) is 2.85. The molecule has 2 aromatic rings. The van der Waals surface area contributed by atoms with Crippen LogP contribution < -0.4 is 10.6 Å². The predicted molar refractivity (Wildman–Crippen MR) is 85.9 cm³/mol. The van der Waals surface area contributed by atoms with Crippen molar-refractivity contribution in [3.63, 3.8) is 0 Å². The second kappa shape index (κ2) is 4.63. The molecule has 1 atom stereocenters. The highest BCUT2D eigenvalue weighted by atomic mass is 15.4. The number of aryl methyl sites for hydroxylation is 2. The van der Waals surface area contributed by atoms with E-state index in [9.17, 15) is 0 Å². The van der Waals surface area contributed by atoms with E-state index >= 15 is 0 Å². The van der Waals surface area contributed by atoms with E-state index in [0.717, 1.165) is 36.5 Å². The minimum absolute atomic E-state index is 0.597. The first-order chi connectivity index (χ1) is 10.1. The van der Waals surface area contributed by atoms with Gasteiger partial charge in [0.15, 0.2) is 5.82 Å². The van der Waals surface area contributed by atoms with Gasteiger partial charge in [-0.15, -0.1) is 5.10 Å². The van der Waals surface area contributed by atoms with Crippen molar-refractivity contribution in [1.29, 1.82) is 0 Å². The van der Waals surface area contributed by atoms with Crippen molar-refractivity contribution in [2.45, 2.75) is 31.7 Å². The van der Waals surface area contributed by atoms with Crippen LogP contribution in [-0.4, -0.2) is 47.7 Å². The zero-order chi connectivity index (χ0) is 14.6. The highest BCUT2D eigenvalue weighted by molar-refractivity contribution is 5.82. The number of likely N-dealkylation sites (N-methyl/N-ethyl adjacent to an activating group) is 1. The molecular weight excluding hydrogens is 262 g/mol. The van der Waals surface area contributed by atoms with Crippen LogP contribution in [0.3, 0.4) is 0 Å². The first-order valence-corrected chi connectivity index (χ1v) is 7.85. The Hall–Kier alpha value is -1.75. The smallest absolute Gasteiger partial charge is 0.175 e. The van der Waals surface area contributed by atoms with Crippen LogP contribution in [0, 0.1) is 0 Å². The SMILES string of the molecule is CN(C)C1CCN(c2nn3c4c(ccc3c2N)CCC4)C1. The first kappa shape index (κ1) is 13.0. The number of hydrogen-bond donors (Lipinski definition) is 1. The van der Waals surface area contributed by atoms with E-state index in [4.69, 9.17) is 10.8 Å². The summed E-state index contributed by atoms with van der Waals surface area (Å²) >= 11 is 0. The lowest BCUT2D eigenvalue weighted by Crippen LogP contribution is -2.31. The number of nitrogens with zero attached hydrogens (tertiary/aromatic N) is 4. The zero-order valence-electron chi connectivity index (χ0n) is 12.8. The number of aromatic nitrogens is 2. The molecule has 112 valence electrons. The standard InChI is InChI=1S/C16H23N5/c1-19(2)12-8-9-20(10-12)16-15(17)14-7-6-11-4-3-5-13(11)21(14)18-16/h6-7,12H,3-5,8-10,17H2,1-2H3. The normalized spacial score (nSPS) is 21.7. The van der Waals surface area contributed by atoms with Gasteiger partial charge in [-0.25, -0.2) is 4.52 Å². The summed E-state index contributed by atoms with van der Waals surface area (Å²) in [6.07, 6.45) is 4.70. The van der Waals surface area contributed by atoms with E-state index in [2.05, 4.69) is 40.5 Å². The van der Waals surface area contributed by atoms with Crippen molar-refractivity contribution in [2.24, 2.45) is 0 Å². The number of anilines is 2. The molecule has 1 aliphatic heterocycles. The van der Waals surface area contributed by atoms with Crippen LogP contribution in [0.1, 0.15) is 24.1 Å². The number of rotatable bonds is 2. The van der Waals surface area contributed by atoms with E-state index in [-0.39, 0.29) is 0 Å². The second-order valence-corrected chi connectivity index (χ2v) is 6.55. The van der Waals surface area contributed by atoms with Gasteiger partial charge >= 0.3 is 0 Å². The molecule has 3 heterocycles. The van der Waals surface area contributed by atoms with Gasteiger partial charge in [0.1, 0.15) is 5.69 Å². The maximum Gasteiger partial charge on any atom is 0.175 e. The van der Waals surface area contributed by atoms with Gasteiger partial charge in [-0.3, -0.25) is 0 Å². The van der Waals surface area contributed by atoms with Gasteiger partial charge in [0.2, 0.25) is 0 Å². The third kappa shape index (κ3) is 1.91. The molecule has 2 N–H and O–H groups in total. The number of fused-ring (bicyclic) bond motifs is 3. The van der Waals surface area contributed by atoms with Crippen LogP contribution in [0.2, 0.25) is 0 Å². The average Bonchev–Trinajstić information content (AvgIpc) is 3.15. The minimum atomic E-state index is 0.597. The molecule has 1 aliphatic carbocycles. The zero-order valence-corrected chi connectivity index (χ0v) is 12.8. The van der Waals surface area contributed by atoms with Gasteiger partial charge < -0.3 is 15.5 Å². The fraction of sp³-hybridized carbons (Fsp3) is 0.562. The molecule has 2 aromatic heterocycles. The molecule has 0 amide bonds. The molecule has 0 aromatic carbocycles. The summed E-state index contributed by atoms with van der Waals surface area (Å²) in [4.78, 5) is 4.64. The lowest BCUT2D eigenvalue weighted by molar-refractivity contribution is 0.315. The molecule has 4 rings (SSSR count). The quantitative estimate of drug-likeness (QED) is 0.909. The van der Waals surface area contributed by atoms with Crippen LogP contribution in [-0.2, 0) is 12.8 Å². The van der Waals surface area contributed by atoms with Gasteiger partial charge in [-0.1, -0.05) is 6.07 Å². The third-order valence-electron chi connectivity index (χ3n) is 5.06. The van der Waals surface area contributed by atoms with Crippen LogP contribution >= 0.6 is 0 Å². The fourth-order valence-corrected chi connectivity index (χ4v) is 3.74. The van der Waals surface area contributed by atoms with Crippen molar-refractivity contribution in [2.75, 3.05) is 37.8 Å². The first-order valence-electron chi connectivity index (χ1n) is 7.85. The van der Waals surface area contributed by atoms with Crippen LogP contribution in [0.5, 0.6) is 0 Å². The summed E-state index contributed by atoms with van der Waals surface area (Å²) in [5.74, 6) is 0.972. The van der Waals surface area contributed by atoms with E-state index in [1.165, 1.54) is 30.5 Å². The molecule has 21 heavy (non-hydrogen) atoms. The Morgan fingerprint density at radius 1 is 1.29 bits per heavy atom. The van der Waals surface area contributed by atoms with Gasteiger partial charge in [-0.05, 0) is 51.4 Å². The van der Waals surface area contributed by atoms with Crippen molar-refractivity contribution in [3.05, 3.63) is 23.4 Å². The van der Waals surface area contributed by atoms with E-state index in [1.807, 2.05) is 0 Å². The van der Waals surface area contributed by atoms with Crippen molar-refractivity contribution >= 4 is 17.0 Å². The Balaban J connectivity index is 1.75. The molecule has 0 saturated carbocycles. The highest BCUT2D eigenvalue weighted by Crippen LogP contribution is 2.33. The summed E-state index contributed by atoms with van der Waals surface area (Å²) in [5.41, 5.74) is 11.1. The van der Waals surface area contributed by atoms with E-state index in [0.29, 0.717) is 6.04 Å². The van der Waals surface area contributed by atoms with Crippen molar-refractivity contribution in [3.8, 4) is 0 Å². The topological polar surface area (TPSA) is 49.8 Å². The molecule has 0 bridgehead atoms. The molecule has 5 nitrogen and oxygen atoms in total. The number of pyridine rings is 1. The Morgan fingerprint density at radius 2 is 2.14 bits per heavy atom. The maximum absolute atomic E-state index is 6.40. The van der Waals surface area contributed by atoms with Crippen LogP contribution in [0.15, 0.2) is 12.1 Å². The van der Waals surface area contributed by atoms with Crippen LogP contribution in [0.25, 0.3) is 5.52 Å². The number of nitrogens with two attached hydrogens (primary N) is 1. The largest absolute Gasteiger partial charge is 0.394 e. The predicted octanol–water partition coefficient (Wildman–Crippen LogP) is 1.55. The van der Waals surface area contributed by atoms with Gasteiger partial charge in [0.25, 0.3) is 0 Å². The molecule has 2 aliphatic rings. The maximum atomic E-state index is 6.40. The Morgan fingerprint density at radius 3 is 2.90 bits per heavy atom. The lowest BCUT2D eigenvalue weighted by Gasteiger charge is -2.20. The molecule has 5 heteroatoms. The molecule has 0 spiro atoms. The molecule has 1 saturated heterocycles. The molecule has 0 radical (unpaired) electrons. The molecule has 1 unspecified atom stereocenters. The Bertz CT molecular complexity index is 688. The van der Waals surface area contributed by atoms with Gasteiger partial charge in [0.05, 0.1) is 5.52 Å². The van der Waals surface area contributed by atoms with E-state index < -0.39 is 0 Å². The third-order valence-corrected chi connectivity index (χ3v) is 5.06. The second-order valence-electron chi connectivity index (χ2n) is 6.55. The van der Waals surface area contributed by atoms with Crippen molar-refractivity contribution in [1.82, 2.24) is 14.5 Å². The summed E-state index contributed by atoms with van der Waals surface area (Å²) in [6, 6.07) is 4.96. The highest BCUT2D eigenvalue weighted by Gasteiger charge is 2.28. The molecular formula is C16H23N5. The number of nitrogen functional groups attached to an aromatic ring is 1. The van der Waals surface area contributed by atoms with Gasteiger partial charge in [0, 0.05) is 24.8 Å². The Labute approximate surface area is 125 Å². The van der Waals surface area contributed by atoms with Gasteiger partial charge in [-0.2, -0.15) is 0 Å². The summed E-state index contributed by atoms with van der Waals surface area (Å²) in [6.45, 7) is 2.06. The summed E-state index contributed by atoms with van der Waals surface area (Å²) in [7, 11) is 4.29. The number of hydrogen-bond acceptors (Lipinski definition) is 4. The van der Waals surface area contributed by atoms with Crippen molar-refractivity contribution < 1.29 is 0 Å². The lowest BCUT2D eigenvalue weighted by atomic mass is 10.2. The monoisotopic (exact) mass is 285 g/mol. The average molecular weight is 285 g/mol. The molecule has 1 fully saturated rings. The van der Waals surface area contributed by atoms with Crippen LogP contribution in [0.4, 0.5) is 11.5 Å². The van der Waals surface area contributed by atoms with E-state index in [1.54, 1.807) is 0 Å².